The predicted octanol–water partition coefficient (Wildman–Crippen LogP) is -4.23. The Hall–Kier alpha value is -0.420. The van der Waals surface area contributed by atoms with Gasteiger partial charge in [0.1, 0.15) is 18.3 Å². The number of rotatable bonds is 9. The SMILES string of the molecule is O=C(NCCOP(O)O)C(O)C(O)C(O)C(O)CO. The fourth-order valence-corrected chi connectivity index (χ4v) is 1.34. The van der Waals surface area contributed by atoms with Crippen LogP contribution < -0.4 is 5.32 Å². The van der Waals surface area contributed by atoms with Crippen molar-refractivity contribution in [2.45, 2.75) is 24.4 Å². The minimum absolute atomic E-state index is 0.165. The normalized spacial score (nSPS) is 17.9. The first-order chi connectivity index (χ1) is 8.81. The second kappa shape index (κ2) is 9.48. The number of carbonyl (C=O) groups is 1. The van der Waals surface area contributed by atoms with Gasteiger partial charge in [-0.3, -0.25) is 4.79 Å². The van der Waals surface area contributed by atoms with Crippen molar-refractivity contribution in [1.82, 2.24) is 5.32 Å². The highest BCUT2D eigenvalue weighted by Gasteiger charge is 2.33. The Morgan fingerprint density at radius 3 is 2.21 bits per heavy atom. The third-order valence-electron chi connectivity index (χ3n) is 2.13. The lowest BCUT2D eigenvalue weighted by molar-refractivity contribution is -0.149. The second-order valence-electron chi connectivity index (χ2n) is 3.55. The Bertz CT molecular complexity index is 267. The topological polar surface area (TPSA) is 180 Å². The van der Waals surface area contributed by atoms with E-state index in [9.17, 15) is 20.1 Å². The van der Waals surface area contributed by atoms with Crippen LogP contribution in [0.1, 0.15) is 0 Å². The summed E-state index contributed by atoms with van der Waals surface area (Å²) >= 11 is 0. The molecular formula is C8H18NO9P. The largest absolute Gasteiger partial charge is 0.394 e. The summed E-state index contributed by atoms with van der Waals surface area (Å²) in [7, 11) is -2.54. The van der Waals surface area contributed by atoms with Crippen molar-refractivity contribution in [1.29, 1.82) is 0 Å². The Labute approximate surface area is 109 Å². The van der Waals surface area contributed by atoms with Crippen LogP contribution in [0.5, 0.6) is 0 Å². The zero-order valence-corrected chi connectivity index (χ0v) is 10.7. The zero-order valence-electron chi connectivity index (χ0n) is 9.82. The van der Waals surface area contributed by atoms with E-state index in [-0.39, 0.29) is 13.2 Å². The summed E-state index contributed by atoms with van der Waals surface area (Å²) in [4.78, 5) is 28.1. The maximum absolute atomic E-state index is 11.3. The van der Waals surface area contributed by atoms with Gasteiger partial charge in [-0.05, 0) is 0 Å². The summed E-state index contributed by atoms with van der Waals surface area (Å²) in [6.07, 6.45) is -7.62. The van der Waals surface area contributed by atoms with Crippen molar-refractivity contribution >= 4 is 14.5 Å². The van der Waals surface area contributed by atoms with E-state index in [1.807, 2.05) is 0 Å². The lowest BCUT2D eigenvalue weighted by Gasteiger charge is -2.24. The Morgan fingerprint density at radius 2 is 1.74 bits per heavy atom. The first-order valence-electron chi connectivity index (χ1n) is 5.22. The Kier molecular flexibility index (Phi) is 9.27. The summed E-state index contributed by atoms with van der Waals surface area (Å²) in [6.45, 7) is -1.24. The predicted molar refractivity (Wildman–Crippen MR) is 61.4 cm³/mol. The molecule has 0 radical (unpaired) electrons. The Morgan fingerprint density at radius 1 is 1.16 bits per heavy atom. The number of hydrogen-bond donors (Lipinski definition) is 8. The van der Waals surface area contributed by atoms with Gasteiger partial charge in [0.2, 0.25) is 0 Å². The van der Waals surface area contributed by atoms with Gasteiger partial charge < -0.3 is 45.2 Å². The van der Waals surface area contributed by atoms with Crippen molar-refractivity contribution in [3.05, 3.63) is 0 Å². The minimum atomic E-state index is -2.54. The fourth-order valence-electron chi connectivity index (χ4n) is 1.08. The van der Waals surface area contributed by atoms with Crippen molar-refractivity contribution in [2.75, 3.05) is 19.8 Å². The molecule has 0 heterocycles. The molecule has 0 aliphatic heterocycles. The van der Waals surface area contributed by atoms with Crippen LogP contribution in [-0.2, 0) is 9.32 Å². The molecule has 4 atom stereocenters. The summed E-state index contributed by atoms with van der Waals surface area (Å²) in [6, 6.07) is 0. The van der Waals surface area contributed by atoms with Crippen LogP contribution in [0.3, 0.4) is 0 Å². The number of aliphatic hydroxyl groups excluding tert-OH is 5. The van der Waals surface area contributed by atoms with Crippen LogP contribution in [0.15, 0.2) is 0 Å². The van der Waals surface area contributed by atoms with Crippen LogP contribution in [0.2, 0.25) is 0 Å². The smallest absolute Gasteiger partial charge is 0.327 e. The molecule has 0 saturated carbocycles. The number of aliphatic hydroxyl groups is 5. The summed E-state index contributed by atoms with van der Waals surface area (Å²) in [5.74, 6) is -1.06. The van der Waals surface area contributed by atoms with Crippen LogP contribution in [0.25, 0.3) is 0 Å². The lowest BCUT2D eigenvalue weighted by atomic mass is 10.0. The average molecular weight is 303 g/mol. The number of hydrogen-bond acceptors (Lipinski definition) is 9. The molecule has 0 aromatic rings. The monoisotopic (exact) mass is 303 g/mol. The molecule has 0 saturated heterocycles. The van der Waals surface area contributed by atoms with Gasteiger partial charge in [0.05, 0.1) is 13.2 Å². The van der Waals surface area contributed by atoms with E-state index in [1.165, 1.54) is 0 Å². The first-order valence-corrected chi connectivity index (χ1v) is 6.39. The van der Waals surface area contributed by atoms with Gasteiger partial charge in [0.25, 0.3) is 5.91 Å². The highest BCUT2D eigenvalue weighted by molar-refractivity contribution is 7.39. The van der Waals surface area contributed by atoms with Crippen LogP contribution in [0, 0.1) is 0 Å². The van der Waals surface area contributed by atoms with E-state index in [4.69, 9.17) is 20.0 Å². The van der Waals surface area contributed by atoms with Crippen LogP contribution >= 0.6 is 8.60 Å². The molecule has 0 rings (SSSR count). The molecule has 0 aromatic heterocycles. The van der Waals surface area contributed by atoms with Crippen molar-refractivity contribution in [3.8, 4) is 0 Å². The standard InChI is InChI=1S/C8H18NO9P/c10-3-4(11)5(12)6(13)7(14)8(15)9-1-2-18-19(16)17/h4-7,10-14,16-17H,1-3H2,(H,9,15). The van der Waals surface area contributed by atoms with Gasteiger partial charge in [-0.2, -0.15) is 0 Å². The average Bonchev–Trinajstić information content (AvgIpc) is 2.39. The van der Waals surface area contributed by atoms with Gasteiger partial charge in [0.15, 0.2) is 6.10 Å². The quantitative estimate of drug-likeness (QED) is 0.155. The van der Waals surface area contributed by atoms with E-state index in [0.717, 1.165) is 0 Å². The van der Waals surface area contributed by atoms with E-state index in [2.05, 4.69) is 9.84 Å². The van der Waals surface area contributed by atoms with Gasteiger partial charge in [-0.15, -0.1) is 0 Å². The molecule has 10 nitrogen and oxygen atoms in total. The van der Waals surface area contributed by atoms with E-state index in [1.54, 1.807) is 0 Å². The molecule has 1 amide bonds. The van der Waals surface area contributed by atoms with Crippen molar-refractivity contribution in [3.63, 3.8) is 0 Å². The van der Waals surface area contributed by atoms with E-state index >= 15 is 0 Å². The minimum Gasteiger partial charge on any atom is -0.394 e. The van der Waals surface area contributed by atoms with E-state index < -0.39 is 45.5 Å². The molecule has 11 heteroatoms. The Balaban J connectivity index is 4.10. The molecule has 19 heavy (non-hydrogen) atoms. The van der Waals surface area contributed by atoms with Gasteiger partial charge in [0, 0.05) is 6.54 Å². The molecule has 0 aromatic carbocycles. The molecule has 4 unspecified atom stereocenters. The van der Waals surface area contributed by atoms with Crippen LogP contribution in [0.4, 0.5) is 0 Å². The summed E-state index contributed by atoms with van der Waals surface area (Å²) < 4.78 is 4.33. The maximum Gasteiger partial charge on any atom is 0.327 e. The maximum atomic E-state index is 11.3. The van der Waals surface area contributed by atoms with Crippen molar-refractivity contribution < 1.29 is 44.6 Å². The first kappa shape index (κ1) is 18.6. The zero-order chi connectivity index (χ0) is 15.0. The molecule has 0 bridgehead atoms. The molecule has 114 valence electrons. The van der Waals surface area contributed by atoms with E-state index in [0.29, 0.717) is 0 Å². The number of amides is 1. The number of carbonyl (C=O) groups excluding carboxylic acids is 1. The highest BCUT2D eigenvalue weighted by atomic mass is 31.2. The summed E-state index contributed by atoms with van der Waals surface area (Å²) in [5, 5.41) is 47.6. The summed E-state index contributed by atoms with van der Waals surface area (Å²) in [5.41, 5.74) is 0. The molecule has 0 aliphatic carbocycles. The highest BCUT2D eigenvalue weighted by Crippen LogP contribution is 2.23. The molecule has 0 spiro atoms. The van der Waals surface area contributed by atoms with Gasteiger partial charge in [-0.1, -0.05) is 0 Å². The van der Waals surface area contributed by atoms with Gasteiger partial charge >= 0.3 is 8.60 Å². The van der Waals surface area contributed by atoms with Crippen molar-refractivity contribution in [2.24, 2.45) is 0 Å². The third-order valence-corrected chi connectivity index (χ3v) is 2.54. The third kappa shape index (κ3) is 7.06. The van der Waals surface area contributed by atoms with Gasteiger partial charge in [-0.25, -0.2) is 0 Å². The number of nitrogens with one attached hydrogen (secondary N) is 1. The second-order valence-corrected chi connectivity index (χ2v) is 4.32. The molecule has 8 N–H and O–H groups in total. The molecule has 0 aliphatic rings. The molecular weight excluding hydrogens is 285 g/mol. The lowest BCUT2D eigenvalue weighted by Crippen LogP contribution is -2.51. The molecule has 0 fully saturated rings. The fraction of sp³-hybridized carbons (Fsp3) is 0.875. The van der Waals surface area contributed by atoms with Crippen LogP contribution in [-0.4, -0.2) is 85.4 Å².